The highest BCUT2D eigenvalue weighted by Gasteiger charge is 2.29. The third-order valence-corrected chi connectivity index (χ3v) is 5.33. The summed E-state index contributed by atoms with van der Waals surface area (Å²) in [7, 11) is 0. The van der Waals surface area contributed by atoms with Crippen LogP contribution in [0.5, 0.6) is 0 Å². The number of aromatic nitrogens is 2. The van der Waals surface area contributed by atoms with Crippen LogP contribution in [0.2, 0.25) is 0 Å². The maximum absolute atomic E-state index is 14.1. The van der Waals surface area contributed by atoms with Crippen molar-refractivity contribution in [3.63, 3.8) is 0 Å². The average Bonchev–Trinajstić information content (AvgIpc) is 2.68. The lowest BCUT2D eigenvalue weighted by atomic mass is 10.2. The molecule has 1 aromatic heterocycles. The number of nitrogens with one attached hydrogen (secondary N) is 1. The van der Waals surface area contributed by atoms with Gasteiger partial charge in [0.05, 0.1) is 21.8 Å². The molecule has 0 aliphatic carbocycles. The van der Waals surface area contributed by atoms with E-state index in [-0.39, 0.29) is 16.2 Å². The number of aryl methyl sites for hydroxylation is 1. The summed E-state index contributed by atoms with van der Waals surface area (Å²) in [6.45, 7) is 1.51. The van der Waals surface area contributed by atoms with Gasteiger partial charge in [-0.25, -0.2) is 9.37 Å². The summed E-state index contributed by atoms with van der Waals surface area (Å²) in [5, 5.41) is 1.18. The Kier molecular flexibility index (Phi) is 6.16. The molecule has 0 saturated heterocycles. The Morgan fingerprint density at radius 1 is 1.23 bits per heavy atom. The number of hydrogen-bond acceptors (Lipinski definition) is 4. The Labute approximate surface area is 173 Å². The molecule has 1 atom stereocenters. The van der Waals surface area contributed by atoms with Crippen LogP contribution >= 0.6 is 11.8 Å². The minimum absolute atomic E-state index is 0.0663. The minimum Gasteiger partial charge on any atom is -0.346 e. The fourth-order valence-corrected chi connectivity index (χ4v) is 3.63. The molecule has 5 nitrogen and oxygen atoms in total. The molecule has 1 amide bonds. The van der Waals surface area contributed by atoms with Crippen molar-refractivity contribution in [3.8, 4) is 5.69 Å². The third kappa shape index (κ3) is 4.81. The van der Waals surface area contributed by atoms with Gasteiger partial charge in [-0.05, 0) is 43.7 Å². The molecule has 1 unspecified atom stereocenters. The SMILES string of the molecule is Cc1ccc(-n2c(SC(C)C(=O)NCC(F)(F)F)nc3ccccc3c2=O)cc1F. The number of alkyl halides is 3. The molecule has 2 aromatic carbocycles. The smallest absolute Gasteiger partial charge is 0.346 e. The van der Waals surface area contributed by atoms with Crippen molar-refractivity contribution in [2.45, 2.75) is 30.4 Å². The van der Waals surface area contributed by atoms with Crippen LogP contribution in [0.25, 0.3) is 16.6 Å². The van der Waals surface area contributed by atoms with Crippen LogP contribution in [0.4, 0.5) is 17.6 Å². The topological polar surface area (TPSA) is 64.0 Å². The standard InChI is InChI=1S/C20H17F4N3O2S/c1-11-7-8-13(9-15(11)21)27-18(29)14-5-3-4-6-16(14)26-19(27)30-12(2)17(28)25-10-20(22,23)24/h3-9,12H,10H2,1-2H3,(H,25,28). The lowest BCUT2D eigenvalue weighted by molar-refractivity contribution is -0.137. The van der Waals surface area contributed by atoms with E-state index in [4.69, 9.17) is 0 Å². The summed E-state index contributed by atoms with van der Waals surface area (Å²) in [5.74, 6) is -1.39. The molecule has 1 heterocycles. The molecule has 0 spiro atoms. The fraction of sp³-hybridized carbons (Fsp3) is 0.250. The molecule has 3 rings (SSSR count). The molecule has 0 radical (unpaired) electrons. The molecular formula is C20H17F4N3O2S. The molecule has 0 aliphatic heterocycles. The van der Waals surface area contributed by atoms with E-state index in [0.29, 0.717) is 11.1 Å². The quantitative estimate of drug-likeness (QED) is 0.371. The van der Waals surface area contributed by atoms with Crippen LogP contribution in [0.15, 0.2) is 52.4 Å². The first-order valence-electron chi connectivity index (χ1n) is 8.86. The highest BCUT2D eigenvalue weighted by molar-refractivity contribution is 8.00. The van der Waals surface area contributed by atoms with Gasteiger partial charge in [-0.3, -0.25) is 14.2 Å². The largest absolute Gasteiger partial charge is 0.405 e. The van der Waals surface area contributed by atoms with Crippen molar-refractivity contribution in [2.75, 3.05) is 6.54 Å². The van der Waals surface area contributed by atoms with Gasteiger partial charge in [0.25, 0.3) is 5.56 Å². The zero-order chi connectivity index (χ0) is 22.1. The monoisotopic (exact) mass is 439 g/mol. The van der Waals surface area contributed by atoms with Gasteiger partial charge in [-0.2, -0.15) is 13.2 Å². The molecule has 0 saturated carbocycles. The van der Waals surface area contributed by atoms with E-state index < -0.39 is 35.3 Å². The van der Waals surface area contributed by atoms with Crippen molar-refractivity contribution < 1.29 is 22.4 Å². The summed E-state index contributed by atoms with van der Waals surface area (Å²) in [4.78, 5) is 29.6. The van der Waals surface area contributed by atoms with Crippen molar-refractivity contribution in [2.24, 2.45) is 0 Å². The summed E-state index contributed by atoms with van der Waals surface area (Å²) < 4.78 is 52.4. The summed E-state index contributed by atoms with van der Waals surface area (Å²) in [6.07, 6.45) is -4.54. The molecule has 30 heavy (non-hydrogen) atoms. The predicted molar refractivity (Wildman–Crippen MR) is 106 cm³/mol. The van der Waals surface area contributed by atoms with Gasteiger partial charge in [0.15, 0.2) is 5.16 Å². The van der Waals surface area contributed by atoms with Crippen molar-refractivity contribution in [1.82, 2.24) is 14.9 Å². The van der Waals surface area contributed by atoms with Gasteiger partial charge in [0, 0.05) is 0 Å². The highest BCUT2D eigenvalue weighted by atomic mass is 32.2. The number of fused-ring (bicyclic) bond motifs is 1. The number of rotatable bonds is 5. The molecule has 0 bridgehead atoms. The number of hydrogen-bond donors (Lipinski definition) is 1. The highest BCUT2D eigenvalue weighted by Crippen LogP contribution is 2.26. The summed E-state index contributed by atoms with van der Waals surface area (Å²) >= 11 is 0.813. The van der Waals surface area contributed by atoms with Gasteiger partial charge >= 0.3 is 6.18 Å². The van der Waals surface area contributed by atoms with Gasteiger partial charge < -0.3 is 5.32 Å². The Bertz CT molecular complexity index is 1160. The Morgan fingerprint density at radius 2 is 1.93 bits per heavy atom. The van der Waals surface area contributed by atoms with Gasteiger partial charge in [-0.15, -0.1) is 0 Å². The van der Waals surface area contributed by atoms with E-state index in [1.54, 1.807) is 31.2 Å². The van der Waals surface area contributed by atoms with Crippen LogP contribution < -0.4 is 10.9 Å². The number of benzene rings is 2. The number of amides is 1. The first-order chi connectivity index (χ1) is 14.1. The van der Waals surface area contributed by atoms with Crippen LogP contribution in [0, 0.1) is 12.7 Å². The third-order valence-electron chi connectivity index (χ3n) is 4.27. The number of carbonyl (C=O) groups is 1. The molecule has 10 heteroatoms. The van der Waals surface area contributed by atoms with E-state index in [1.165, 1.54) is 25.1 Å². The Morgan fingerprint density at radius 3 is 2.60 bits per heavy atom. The zero-order valence-electron chi connectivity index (χ0n) is 16.0. The van der Waals surface area contributed by atoms with E-state index >= 15 is 0 Å². The van der Waals surface area contributed by atoms with E-state index in [1.807, 2.05) is 5.32 Å². The Hall–Kier alpha value is -2.88. The second-order valence-electron chi connectivity index (χ2n) is 6.58. The number of thioether (sulfide) groups is 1. The first-order valence-corrected chi connectivity index (χ1v) is 9.74. The van der Waals surface area contributed by atoms with Crippen LogP contribution in [-0.2, 0) is 4.79 Å². The van der Waals surface area contributed by atoms with Gasteiger partial charge in [0.2, 0.25) is 5.91 Å². The first kappa shape index (κ1) is 21.8. The van der Waals surface area contributed by atoms with E-state index in [9.17, 15) is 27.2 Å². The molecular weight excluding hydrogens is 422 g/mol. The van der Waals surface area contributed by atoms with Crippen LogP contribution in [0.1, 0.15) is 12.5 Å². The number of nitrogens with zero attached hydrogens (tertiary/aromatic N) is 2. The molecule has 158 valence electrons. The molecule has 0 fully saturated rings. The van der Waals surface area contributed by atoms with Gasteiger partial charge in [-0.1, -0.05) is 30.0 Å². The molecule has 1 N–H and O–H groups in total. The maximum atomic E-state index is 14.1. The van der Waals surface area contributed by atoms with E-state index in [2.05, 4.69) is 4.98 Å². The lowest BCUT2D eigenvalue weighted by Gasteiger charge is -2.17. The van der Waals surface area contributed by atoms with Crippen LogP contribution in [-0.4, -0.2) is 33.4 Å². The fourth-order valence-electron chi connectivity index (χ4n) is 2.68. The summed E-state index contributed by atoms with van der Waals surface area (Å²) in [6, 6.07) is 10.7. The van der Waals surface area contributed by atoms with Crippen LogP contribution in [0.3, 0.4) is 0 Å². The second kappa shape index (κ2) is 8.47. The van der Waals surface area contributed by atoms with E-state index in [0.717, 1.165) is 16.3 Å². The minimum atomic E-state index is -4.54. The summed E-state index contributed by atoms with van der Waals surface area (Å²) in [5.41, 5.74) is 0.465. The second-order valence-corrected chi connectivity index (χ2v) is 7.89. The van der Waals surface area contributed by atoms with Crippen molar-refractivity contribution in [3.05, 3.63) is 64.2 Å². The zero-order valence-corrected chi connectivity index (χ0v) is 16.8. The maximum Gasteiger partial charge on any atom is 0.405 e. The molecule has 3 aromatic rings. The Balaban J connectivity index is 2.05. The van der Waals surface area contributed by atoms with Crippen molar-refractivity contribution >= 4 is 28.6 Å². The van der Waals surface area contributed by atoms with Crippen molar-refractivity contribution in [1.29, 1.82) is 0 Å². The number of carbonyl (C=O) groups excluding carboxylic acids is 1. The van der Waals surface area contributed by atoms with Gasteiger partial charge in [0.1, 0.15) is 12.4 Å². The lowest BCUT2D eigenvalue weighted by Crippen LogP contribution is -2.38. The number of halogens is 4. The number of para-hydroxylation sites is 1. The average molecular weight is 439 g/mol. The predicted octanol–water partition coefficient (Wildman–Crippen LogP) is 3.99. The molecule has 0 aliphatic rings. The normalized spacial score (nSPS) is 12.7.